The molecule has 0 amide bonds. The molecule has 0 radical (unpaired) electrons. The molecule has 1 aromatic heterocycles. The lowest BCUT2D eigenvalue weighted by molar-refractivity contribution is -0.384. The lowest BCUT2D eigenvalue weighted by atomic mass is 9.80. The van der Waals surface area contributed by atoms with E-state index < -0.39 is 48.7 Å². The molecular formula is C43H49N4O10P. The van der Waals surface area contributed by atoms with Crippen LogP contribution in [0.15, 0.2) is 119 Å². The molecular weight excluding hydrogens is 763 g/mol. The monoisotopic (exact) mass is 812 g/mol. The third-order valence-electron chi connectivity index (χ3n) is 10.2. The fourth-order valence-electron chi connectivity index (χ4n) is 6.99. The van der Waals surface area contributed by atoms with Crippen LogP contribution in [-0.4, -0.2) is 71.9 Å². The van der Waals surface area contributed by atoms with Crippen molar-refractivity contribution in [1.29, 1.82) is 0 Å². The molecule has 6 rings (SSSR count). The maximum atomic E-state index is 13.2. The fourth-order valence-corrected chi connectivity index (χ4v) is 8.51. The van der Waals surface area contributed by atoms with Crippen molar-refractivity contribution in [2.75, 3.05) is 40.5 Å². The molecule has 0 saturated carbocycles. The van der Waals surface area contributed by atoms with Crippen molar-refractivity contribution >= 4 is 14.2 Å². The van der Waals surface area contributed by atoms with E-state index in [4.69, 9.17) is 28.0 Å². The van der Waals surface area contributed by atoms with Crippen molar-refractivity contribution in [3.63, 3.8) is 0 Å². The minimum absolute atomic E-state index is 0.0227. The SMILES string of the molecule is CCN(CC)P(OCCc1ccc([N+](=O)[O-])cc1)O[C@H]1C[C@H](n2cc(C)c(=O)[nH]c2=O)O[C@@H]1COC(c1ccccc1)(c1ccc(OC)cc1)c1ccc(OC)cc1. The summed E-state index contributed by atoms with van der Waals surface area (Å²) < 4.78 is 41.8. The molecule has 0 spiro atoms. The molecule has 1 N–H and O–H groups in total. The van der Waals surface area contributed by atoms with Crippen LogP contribution in [0.1, 0.15) is 54.3 Å². The number of hydrogen-bond acceptors (Lipinski definition) is 11. The highest BCUT2D eigenvalue weighted by molar-refractivity contribution is 7.44. The molecule has 15 heteroatoms. The Balaban J connectivity index is 1.36. The van der Waals surface area contributed by atoms with Gasteiger partial charge < -0.3 is 28.0 Å². The normalized spacial score (nSPS) is 17.3. The van der Waals surface area contributed by atoms with Crippen molar-refractivity contribution in [3.8, 4) is 11.5 Å². The summed E-state index contributed by atoms with van der Waals surface area (Å²) in [6.45, 7) is 7.28. The zero-order valence-electron chi connectivity index (χ0n) is 33.2. The van der Waals surface area contributed by atoms with Gasteiger partial charge in [-0.05, 0) is 59.9 Å². The number of nitro benzene ring substituents is 1. The summed E-state index contributed by atoms with van der Waals surface area (Å²) in [4.78, 5) is 38.7. The first-order chi connectivity index (χ1) is 28.1. The number of nitrogens with zero attached hydrogens (tertiary/aromatic N) is 3. The predicted octanol–water partition coefficient (Wildman–Crippen LogP) is 7.28. The number of benzene rings is 4. The van der Waals surface area contributed by atoms with Crippen molar-refractivity contribution in [2.24, 2.45) is 0 Å². The Bertz CT molecular complexity index is 2160. The number of nitro groups is 1. The first-order valence-corrected chi connectivity index (χ1v) is 20.3. The van der Waals surface area contributed by atoms with Gasteiger partial charge in [-0.1, -0.05) is 80.6 Å². The molecule has 0 bridgehead atoms. The number of nitrogens with one attached hydrogen (secondary N) is 1. The Kier molecular flexibility index (Phi) is 14.2. The van der Waals surface area contributed by atoms with Gasteiger partial charge in [-0.2, -0.15) is 0 Å². The van der Waals surface area contributed by atoms with Gasteiger partial charge in [0.2, 0.25) is 0 Å². The summed E-state index contributed by atoms with van der Waals surface area (Å²) in [5.41, 5.74) is 1.60. The van der Waals surface area contributed by atoms with E-state index in [0.29, 0.717) is 43.2 Å². The molecule has 0 aliphatic carbocycles. The molecule has 4 atom stereocenters. The second kappa shape index (κ2) is 19.5. The Morgan fingerprint density at radius 3 is 2.02 bits per heavy atom. The number of methoxy groups -OCH3 is 2. The van der Waals surface area contributed by atoms with E-state index in [0.717, 1.165) is 22.3 Å². The molecule has 1 aliphatic heterocycles. The molecule has 1 saturated heterocycles. The molecule has 1 aliphatic rings. The number of aromatic nitrogens is 2. The second-order valence-corrected chi connectivity index (χ2v) is 15.2. The molecule has 58 heavy (non-hydrogen) atoms. The van der Waals surface area contributed by atoms with E-state index in [9.17, 15) is 19.7 Å². The van der Waals surface area contributed by atoms with Crippen molar-refractivity contribution < 1.29 is 32.9 Å². The summed E-state index contributed by atoms with van der Waals surface area (Å²) in [6, 6.07) is 31.8. The Morgan fingerprint density at radius 1 is 0.879 bits per heavy atom. The summed E-state index contributed by atoms with van der Waals surface area (Å²) in [6.07, 6.45) is 0.159. The van der Waals surface area contributed by atoms with E-state index in [1.165, 1.54) is 22.9 Å². The van der Waals surface area contributed by atoms with E-state index in [2.05, 4.69) is 9.65 Å². The highest BCUT2D eigenvalue weighted by Gasteiger charge is 2.44. The van der Waals surface area contributed by atoms with Gasteiger partial charge in [-0.25, -0.2) is 9.46 Å². The maximum absolute atomic E-state index is 13.2. The largest absolute Gasteiger partial charge is 0.497 e. The Hall–Kier alpha value is -5.21. The van der Waals surface area contributed by atoms with Crippen LogP contribution in [0.3, 0.4) is 0 Å². The van der Waals surface area contributed by atoms with Crippen LogP contribution in [0, 0.1) is 17.0 Å². The van der Waals surface area contributed by atoms with Gasteiger partial charge >= 0.3 is 5.69 Å². The number of ether oxygens (including phenoxy) is 4. The Morgan fingerprint density at radius 2 is 1.47 bits per heavy atom. The zero-order chi connectivity index (χ0) is 41.2. The van der Waals surface area contributed by atoms with Gasteiger partial charge in [0.1, 0.15) is 29.4 Å². The standard InChI is InChI=1S/C43H49N4O10P/c1-6-45(7-2)58(55-26-25-31-13-19-35(20-14-31)47(50)51)57-38-27-40(46-28-30(3)41(48)44-42(46)49)56-39(38)29-54-43(32-11-9-8-10-12-32,33-15-21-36(52-4)22-16-33)34-17-23-37(53-5)24-18-34/h8-24,28,38-40H,6-7,25-27,29H2,1-5H3,(H,44,48,49)/t38-,39+,40+,58?/m0/s1. The van der Waals surface area contributed by atoms with Crippen molar-refractivity contribution in [3.05, 3.63) is 168 Å². The molecule has 14 nitrogen and oxygen atoms in total. The number of aromatic amines is 1. The van der Waals surface area contributed by atoms with Crippen molar-refractivity contribution in [1.82, 2.24) is 14.2 Å². The van der Waals surface area contributed by atoms with Gasteiger partial charge in [0.15, 0.2) is 0 Å². The first-order valence-electron chi connectivity index (χ1n) is 19.1. The molecule has 4 aromatic carbocycles. The molecule has 5 aromatic rings. The van der Waals surface area contributed by atoms with Gasteiger partial charge in [-0.3, -0.25) is 24.5 Å². The summed E-state index contributed by atoms with van der Waals surface area (Å²) in [5.74, 6) is 1.38. The van der Waals surface area contributed by atoms with Crippen LogP contribution in [0.25, 0.3) is 0 Å². The third kappa shape index (κ3) is 9.56. The van der Waals surface area contributed by atoms with Crippen LogP contribution in [0.5, 0.6) is 11.5 Å². The number of aryl methyl sites for hydroxylation is 1. The minimum atomic E-state index is -1.65. The van der Waals surface area contributed by atoms with Crippen LogP contribution >= 0.6 is 8.53 Å². The average Bonchev–Trinajstić information content (AvgIpc) is 3.65. The second-order valence-electron chi connectivity index (χ2n) is 13.7. The van der Waals surface area contributed by atoms with Crippen molar-refractivity contribution in [2.45, 2.75) is 57.6 Å². The van der Waals surface area contributed by atoms with Gasteiger partial charge in [-0.15, -0.1) is 0 Å². The molecule has 306 valence electrons. The first kappa shape index (κ1) is 42.4. The topological polar surface area (TPSA) is 157 Å². The van der Waals surface area contributed by atoms with Gasteiger partial charge in [0.25, 0.3) is 19.8 Å². The van der Waals surface area contributed by atoms with E-state index in [-0.39, 0.29) is 18.7 Å². The predicted molar refractivity (Wildman–Crippen MR) is 220 cm³/mol. The zero-order valence-corrected chi connectivity index (χ0v) is 34.1. The third-order valence-corrected chi connectivity index (χ3v) is 12.1. The highest BCUT2D eigenvalue weighted by atomic mass is 31.2. The van der Waals surface area contributed by atoms with E-state index >= 15 is 0 Å². The van der Waals surface area contributed by atoms with Crippen LogP contribution in [0.2, 0.25) is 0 Å². The van der Waals surface area contributed by atoms with E-state index in [1.807, 2.05) is 92.7 Å². The van der Waals surface area contributed by atoms with Crippen LogP contribution in [-0.2, 0) is 30.5 Å². The lowest BCUT2D eigenvalue weighted by Gasteiger charge is -2.37. The average molecular weight is 813 g/mol. The van der Waals surface area contributed by atoms with Crippen LogP contribution < -0.4 is 20.7 Å². The van der Waals surface area contributed by atoms with Gasteiger partial charge in [0.05, 0.1) is 38.5 Å². The van der Waals surface area contributed by atoms with Crippen LogP contribution in [0.4, 0.5) is 5.69 Å². The minimum Gasteiger partial charge on any atom is -0.497 e. The van der Waals surface area contributed by atoms with E-state index in [1.54, 1.807) is 33.3 Å². The lowest BCUT2D eigenvalue weighted by Crippen LogP contribution is -2.39. The maximum Gasteiger partial charge on any atom is 0.330 e. The number of H-pyrrole nitrogens is 1. The number of rotatable bonds is 19. The fraction of sp³-hybridized carbons (Fsp3) is 0.349. The Labute approximate surface area is 338 Å². The number of hydrogen-bond donors (Lipinski definition) is 1. The summed E-state index contributed by atoms with van der Waals surface area (Å²) in [5, 5.41) is 11.2. The molecule has 1 fully saturated rings. The van der Waals surface area contributed by atoms with Gasteiger partial charge in [0, 0.05) is 43.4 Å². The summed E-state index contributed by atoms with van der Waals surface area (Å²) in [7, 11) is 1.59. The molecule has 2 heterocycles. The smallest absolute Gasteiger partial charge is 0.330 e. The summed E-state index contributed by atoms with van der Waals surface area (Å²) >= 11 is 0. The molecule has 1 unspecified atom stereocenters. The highest BCUT2D eigenvalue weighted by Crippen LogP contribution is 2.48. The number of non-ortho nitro benzene ring substituents is 1. The quantitative estimate of drug-likeness (QED) is 0.0387.